The molecule has 8 heteroatoms. The molecular weight excluding hydrogens is 326 g/mol. The lowest BCUT2D eigenvalue weighted by Crippen LogP contribution is -2.50. The molecule has 0 aliphatic carbocycles. The van der Waals surface area contributed by atoms with Crippen LogP contribution >= 0.6 is 0 Å². The molecule has 1 aliphatic rings. The number of aliphatic carboxylic acids is 1. The molecule has 1 aliphatic heterocycles. The molecule has 25 heavy (non-hydrogen) atoms. The minimum atomic E-state index is -1.18. The quantitative estimate of drug-likeness (QED) is 0.585. The van der Waals surface area contributed by atoms with Crippen LogP contribution in [0.1, 0.15) is 6.92 Å². The number of rotatable bonds is 6. The molecule has 1 unspecified atom stereocenters. The van der Waals surface area contributed by atoms with E-state index in [1.54, 1.807) is 14.0 Å². The van der Waals surface area contributed by atoms with Crippen LogP contribution in [0.5, 0.6) is 5.75 Å². The minimum absolute atomic E-state index is 0. The molecule has 0 bridgehead atoms. The molecule has 0 amide bonds. The molecule has 1 fully saturated rings. The van der Waals surface area contributed by atoms with E-state index in [0.717, 1.165) is 49.8 Å². The van der Waals surface area contributed by atoms with Crippen LogP contribution in [0.25, 0.3) is 0 Å². The van der Waals surface area contributed by atoms with E-state index >= 15 is 0 Å². The van der Waals surface area contributed by atoms with Crippen molar-refractivity contribution in [2.75, 3.05) is 38.2 Å². The summed E-state index contributed by atoms with van der Waals surface area (Å²) in [7, 11) is 1.65. The summed E-state index contributed by atoms with van der Waals surface area (Å²) in [5, 5.41) is 8.50. The van der Waals surface area contributed by atoms with E-state index in [0.29, 0.717) is 0 Å². The molecule has 2 rings (SSSR count). The van der Waals surface area contributed by atoms with Gasteiger partial charge >= 0.3 is 11.9 Å². The van der Waals surface area contributed by atoms with E-state index in [1.165, 1.54) is 0 Å². The molecule has 1 aromatic carbocycles. The molecular formula is C17H25N3O5. The highest BCUT2D eigenvalue weighted by atomic mass is 16.6. The van der Waals surface area contributed by atoms with Crippen LogP contribution < -0.4 is 15.8 Å². The Bertz CT molecular complexity index is 612. The SMILES string of the molecule is COc1ccccc1N1CCN(C(C)OC(=O)/C=C/C(=O)O)CC1.N. The Hall–Kier alpha value is -2.58. The first kappa shape index (κ1) is 20.5. The first-order valence-corrected chi connectivity index (χ1v) is 7.75. The summed E-state index contributed by atoms with van der Waals surface area (Å²) in [6.07, 6.45) is 1.29. The van der Waals surface area contributed by atoms with E-state index in [2.05, 4.69) is 4.90 Å². The molecule has 0 aromatic heterocycles. The van der Waals surface area contributed by atoms with Gasteiger partial charge < -0.3 is 25.6 Å². The van der Waals surface area contributed by atoms with Gasteiger partial charge in [0.15, 0.2) is 6.23 Å². The highest BCUT2D eigenvalue weighted by molar-refractivity contribution is 5.90. The number of piperazine rings is 1. The largest absolute Gasteiger partial charge is 0.495 e. The molecule has 1 aromatic rings. The van der Waals surface area contributed by atoms with Gasteiger partial charge in [-0.05, 0) is 19.1 Å². The number of carboxylic acid groups (broad SMARTS) is 1. The second-order valence-corrected chi connectivity index (χ2v) is 5.40. The van der Waals surface area contributed by atoms with Crippen LogP contribution in [0.3, 0.4) is 0 Å². The summed E-state index contributed by atoms with van der Waals surface area (Å²) in [6, 6.07) is 7.86. The summed E-state index contributed by atoms with van der Waals surface area (Å²) >= 11 is 0. The Balaban J connectivity index is 0.00000312. The number of carbonyl (C=O) groups excluding carboxylic acids is 1. The van der Waals surface area contributed by atoms with Gasteiger partial charge in [-0.3, -0.25) is 4.90 Å². The summed E-state index contributed by atoms with van der Waals surface area (Å²) in [4.78, 5) is 26.2. The van der Waals surface area contributed by atoms with Gasteiger partial charge in [-0.25, -0.2) is 9.59 Å². The number of methoxy groups -OCH3 is 1. The monoisotopic (exact) mass is 351 g/mol. The fourth-order valence-corrected chi connectivity index (χ4v) is 2.64. The lowest BCUT2D eigenvalue weighted by atomic mass is 10.2. The number of esters is 1. The average Bonchev–Trinajstić information content (AvgIpc) is 2.60. The van der Waals surface area contributed by atoms with Gasteiger partial charge in [0.2, 0.25) is 0 Å². The Morgan fingerprint density at radius 3 is 2.40 bits per heavy atom. The number of hydrogen-bond acceptors (Lipinski definition) is 7. The number of hydrogen-bond donors (Lipinski definition) is 2. The highest BCUT2D eigenvalue weighted by Gasteiger charge is 2.24. The lowest BCUT2D eigenvalue weighted by Gasteiger charge is -2.38. The number of anilines is 1. The zero-order valence-electron chi connectivity index (χ0n) is 14.6. The zero-order chi connectivity index (χ0) is 17.5. The molecule has 138 valence electrons. The third-order valence-electron chi connectivity index (χ3n) is 3.90. The second kappa shape index (κ2) is 9.65. The molecule has 8 nitrogen and oxygen atoms in total. The van der Waals surface area contributed by atoms with Crippen LogP contribution in [0.4, 0.5) is 5.69 Å². The Kier molecular flexibility index (Phi) is 7.90. The van der Waals surface area contributed by atoms with Gasteiger partial charge in [0.25, 0.3) is 0 Å². The minimum Gasteiger partial charge on any atom is -0.495 e. The number of nitrogens with zero attached hydrogens (tertiary/aromatic N) is 2. The van der Waals surface area contributed by atoms with Gasteiger partial charge in [0.05, 0.1) is 12.8 Å². The third-order valence-corrected chi connectivity index (χ3v) is 3.90. The van der Waals surface area contributed by atoms with E-state index < -0.39 is 18.2 Å². The maximum absolute atomic E-state index is 11.5. The van der Waals surface area contributed by atoms with Crippen molar-refractivity contribution in [3.63, 3.8) is 0 Å². The summed E-state index contributed by atoms with van der Waals surface area (Å²) in [5.74, 6) is -0.994. The Morgan fingerprint density at radius 2 is 1.80 bits per heavy atom. The van der Waals surface area contributed by atoms with Gasteiger partial charge in [-0.2, -0.15) is 0 Å². The van der Waals surface area contributed by atoms with Gasteiger partial charge in [-0.15, -0.1) is 0 Å². The second-order valence-electron chi connectivity index (χ2n) is 5.40. The number of benzene rings is 1. The van der Waals surface area contributed by atoms with Crippen LogP contribution in [0.15, 0.2) is 36.4 Å². The number of ether oxygens (including phenoxy) is 2. The molecule has 1 atom stereocenters. The topological polar surface area (TPSA) is 114 Å². The molecule has 0 spiro atoms. The Labute approximate surface area is 147 Å². The Morgan fingerprint density at radius 1 is 1.16 bits per heavy atom. The lowest BCUT2D eigenvalue weighted by molar-refractivity contribution is -0.152. The van der Waals surface area contributed by atoms with Gasteiger partial charge in [0.1, 0.15) is 5.75 Å². The van der Waals surface area contributed by atoms with Crippen LogP contribution in [0.2, 0.25) is 0 Å². The normalized spacial score (nSPS) is 16.2. The predicted octanol–water partition coefficient (Wildman–Crippen LogP) is 1.51. The van der Waals surface area contributed by atoms with Crippen molar-refractivity contribution in [1.82, 2.24) is 11.1 Å². The average molecular weight is 351 g/mol. The maximum atomic E-state index is 11.5. The molecule has 1 saturated heterocycles. The number of carbonyl (C=O) groups is 2. The van der Waals surface area contributed by atoms with E-state index in [4.69, 9.17) is 14.6 Å². The number of para-hydroxylation sites is 2. The number of carboxylic acids is 1. The molecule has 4 N–H and O–H groups in total. The smallest absolute Gasteiger partial charge is 0.332 e. The van der Waals surface area contributed by atoms with E-state index in [1.807, 2.05) is 29.2 Å². The van der Waals surface area contributed by atoms with Crippen LogP contribution in [-0.4, -0.2) is 61.5 Å². The highest BCUT2D eigenvalue weighted by Crippen LogP contribution is 2.28. The zero-order valence-corrected chi connectivity index (χ0v) is 14.6. The van der Waals surface area contributed by atoms with Crippen molar-refractivity contribution < 1.29 is 24.2 Å². The third kappa shape index (κ3) is 5.77. The van der Waals surface area contributed by atoms with Crippen molar-refractivity contribution >= 4 is 17.6 Å². The van der Waals surface area contributed by atoms with E-state index in [9.17, 15) is 9.59 Å². The van der Waals surface area contributed by atoms with Crippen molar-refractivity contribution in [2.45, 2.75) is 13.2 Å². The van der Waals surface area contributed by atoms with Crippen LogP contribution in [-0.2, 0) is 14.3 Å². The first-order valence-electron chi connectivity index (χ1n) is 7.75. The van der Waals surface area contributed by atoms with Crippen LogP contribution in [0, 0.1) is 0 Å². The van der Waals surface area contributed by atoms with Crippen molar-refractivity contribution in [2.24, 2.45) is 0 Å². The van der Waals surface area contributed by atoms with Crippen molar-refractivity contribution in [3.8, 4) is 5.75 Å². The first-order chi connectivity index (χ1) is 11.5. The predicted molar refractivity (Wildman–Crippen MR) is 94.1 cm³/mol. The summed E-state index contributed by atoms with van der Waals surface area (Å²) in [6.45, 7) is 4.82. The van der Waals surface area contributed by atoms with Gasteiger partial charge in [-0.1, -0.05) is 12.1 Å². The molecule has 1 heterocycles. The summed E-state index contributed by atoms with van der Waals surface area (Å²) < 4.78 is 10.6. The molecule has 0 radical (unpaired) electrons. The van der Waals surface area contributed by atoms with Crippen molar-refractivity contribution in [3.05, 3.63) is 36.4 Å². The maximum Gasteiger partial charge on any atom is 0.332 e. The fourth-order valence-electron chi connectivity index (χ4n) is 2.64. The van der Waals surface area contributed by atoms with E-state index in [-0.39, 0.29) is 6.15 Å². The standard InChI is InChI=1S/C17H22N2O5.H3N/c1-13(24-17(22)8-7-16(20)21)18-9-11-19(12-10-18)14-5-3-4-6-15(14)23-2;/h3-8,13H,9-12H2,1-2H3,(H,20,21);1H3/b8-7+;. The fraction of sp³-hybridized carbons (Fsp3) is 0.412. The molecule has 0 saturated carbocycles. The van der Waals surface area contributed by atoms with Crippen molar-refractivity contribution in [1.29, 1.82) is 0 Å². The van der Waals surface area contributed by atoms with Gasteiger partial charge in [0, 0.05) is 38.3 Å². The summed E-state index contributed by atoms with van der Waals surface area (Å²) in [5.41, 5.74) is 1.05.